The Morgan fingerprint density at radius 2 is 1.35 bits per heavy atom. The Bertz CT molecular complexity index is 831. The molecule has 0 unspecified atom stereocenters. The van der Waals surface area contributed by atoms with Gasteiger partial charge in [-0.3, -0.25) is 4.79 Å². The zero-order valence-electron chi connectivity index (χ0n) is 31.7. The van der Waals surface area contributed by atoms with Gasteiger partial charge in [-0.15, -0.1) is 0 Å². The highest BCUT2D eigenvalue weighted by Gasteiger charge is 2.44. The molecule has 1 amide bonds. The summed E-state index contributed by atoms with van der Waals surface area (Å²) in [5.41, 5.74) is 0. The van der Waals surface area contributed by atoms with Crippen LogP contribution >= 0.6 is 0 Å². The quantitative estimate of drug-likeness (QED) is 0.0505. The van der Waals surface area contributed by atoms with Gasteiger partial charge in [-0.05, 0) is 44.4 Å². The van der Waals surface area contributed by atoms with E-state index in [1.807, 2.05) is 0 Å². The molecule has 0 aromatic rings. The van der Waals surface area contributed by atoms with Crippen LogP contribution in [0.1, 0.15) is 148 Å². The molecule has 0 aromatic carbocycles. The predicted molar refractivity (Wildman–Crippen MR) is 196 cm³/mol. The van der Waals surface area contributed by atoms with Crippen LogP contribution in [0, 0.1) is 5.92 Å². The first-order chi connectivity index (χ1) is 24.8. The Morgan fingerprint density at radius 3 is 1.98 bits per heavy atom. The van der Waals surface area contributed by atoms with Crippen LogP contribution < -0.4 is 5.32 Å². The van der Waals surface area contributed by atoms with E-state index in [9.17, 15) is 35.4 Å². The maximum Gasteiger partial charge on any atom is 0.220 e. The topological polar surface area (TPSA) is 187 Å². The Balaban J connectivity index is 1.70. The lowest BCUT2D eigenvalue weighted by molar-refractivity contribution is -0.303. The first-order valence-electron chi connectivity index (χ1n) is 20.5. The van der Waals surface area contributed by atoms with Crippen molar-refractivity contribution < 1.29 is 54.4 Å². The largest absolute Gasteiger partial charge is 0.394 e. The van der Waals surface area contributed by atoms with Crippen LogP contribution in [0.3, 0.4) is 0 Å². The molecule has 8 atom stereocenters. The van der Waals surface area contributed by atoms with Gasteiger partial charge in [0.1, 0.15) is 30.5 Å². The zero-order chi connectivity index (χ0) is 37.1. The van der Waals surface area contributed by atoms with Crippen LogP contribution in [0.5, 0.6) is 0 Å². The fourth-order valence-corrected chi connectivity index (χ4v) is 6.98. The summed E-state index contributed by atoms with van der Waals surface area (Å²) in [6.07, 6.45) is 13.2. The van der Waals surface area contributed by atoms with Crippen molar-refractivity contribution in [1.82, 2.24) is 5.32 Å². The molecule has 0 spiro atoms. The monoisotopic (exact) mass is 734 g/mol. The first kappa shape index (κ1) is 46.2. The van der Waals surface area contributed by atoms with Gasteiger partial charge in [-0.1, -0.05) is 103 Å². The second kappa shape index (κ2) is 29.4. The zero-order valence-corrected chi connectivity index (χ0v) is 31.7. The number of amides is 1. The fraction of sp³-hybridized carbons (Fsp3) is 0.974. The summed E-state index contributed by atoms with van der Waals surface area (Å²) in [7, 11) is 0. The van der Waals surface area contributed by atoms with Crippen LogP contribution in [0.15, 0.2) is 0 Å². The highest BCUT2D eigenvalue weighted by molar-refractivity contribution is 5.76. The molecule has 2 aliphatic rings. The number of ether oxygens (including phenoxy) is 4. The van der Waals surface area contributed by atoms with E-state index in [0.717, 1.165) is 70.7 Å². The molecule has 51 heavy (non-hydrogen) atoms. The lowest BCUT2D eigenvalue weighted by atomic mass is 9.94. The van der Waals surface area contributed by atoms with E-state index in [1.165, 1.54) is 77.0 Å². The van der Waals surface area contributed by atoms with Crippen molar-refractivity contribution >= 4 is 5.91 Å². The summed E-state index contributed by atoms with van der Waals surface area (Å²) in [5, 5.41) is 64.9. The highest BCUT2D eigenvalue weighted by Crippen LogP contribution is 2.23. The maximum absolute atomic E-state index is 12.9. The molecule has 0 aliphatic carbocycles. The summed E-state index contributed by atoms with van der Waals surface area (Å²) in [6, 6.07) is -1.01. The van der Waals surface area contributed by atoms with Crippen LogP contribution in [0.2, 0.25) is 0 Å². The minimum Gasteiger partial charge on any atom is -0.394 e. The molecule has 302 valence electrons. The lowest BCUT2D eigenvalue weighted by Crippen LogP contribution is -2.60. The number of unbranched alkanes of at least 4 members (excludes halogenated alkanes) is 14. The molecule has 2 rings (SSSR count). The van der Waals surface area contributed by atoms with E-state index in [-0.39, 0.29) is 18.9 Å². The van der Waals surface area contributed by atoms with Gasteiger partial charge in [-0.2, -0.15) is 0 Å². The molecule has 0 saturated carbocycles. The third-order valence-corrected chi connectivity index (χ3v) is 10.5. The number of rotatable bonds is 31. The molecule has 2 saturated heterocycles. The molecule has 0 bridgehead atoms. The number of nitrogens with one attached hydrogen (secondary N) is 1. The third kappa shape index (κ3) is 20.4. The Kier molecular flexibility index (Phi) is 26.7. The number of hydrogen-bond acceptors (Lipinski definition) is 11. The summed E-state index contributed by atoms with van der Waals surface area (Å²) in [4.78, 5) is 12.9. The second-order valence-corrected chi connectivity index (χ2v) is 14.9. The molecule has 12 heteroatoms. The summed E-state index contributed by atoms with van der Waals surface area (Å²) in [6.45, 7) is 4.48. The van der Waals surface area contributed by atoms with E-state index >= 15 is 0 Å². The van der Waals surface area contributed by atoms with Gasteiger partial charge in [0.15, 0.2) is 6.29 Å². The SMILES string of the molecule is CCCCCCCCCCCCCC[C@@H](O)[C@@H](O)[C@H](CO[C@H]1O[C@H](CO)[C@H](O)[C@H](O)[C@H]1O)NC(=O)CCCCCOCCCCC1CCOCC1. The molecule has 2 heterocycles. The summed E-state index contributed by atoms with van der Waals surface area (Å²) < 4.78 is 22.3. The van der Waals surface area contributed by atoms with Crippen LogP contribution in [-0.4, -0.2) is 125 Å². The van der Waals surface area contributed by atoms with Crippen LogP contribution in [0.25, 0.3) is 0 Å². The van der Waals surface area contributed by atoms with E-state index in [0.29, 0.717) is 19.4 Å². The molecule has 7 N–H and O–H groups in total. The standard InChI is InChI=1S/C39H75NO11/c1-2-3-4-5-6-7-8-9-10-11-12-14-20-32(42)35(44)31(29-50-39-38(47)37(46)36(45)33(28-41)51-39)40-34(43)21-15-13-17-24-48-25-18-16-19-30-22-26-49-27-23-30/h30-33,35-39,41-42,44-47H,2-29H2,1H3,(H,40,43)/t31-,32+,33+,35-,36-,37-,38+,39-/m0/s1. The minimum absolute atomic E-state index is 0.225. The van der Waals surface area contributed by atoms with Crippen LogP contribution in [-0.2, 0) is 23.7 Å². The number of aliphatic hydroxyl groups is 6. The normalized spacial score (nSPS) is 24.7. The van der Waals surface area contributed by atoms with Gasteiger partial charge >= 0.3 is 0 Å². The number of aliphatic hydroxyl groups excluding tert-OH is 6. The van der Waals surface area contributed by atoms with E-state index < -0.39 is 55.6 Å². The first-order valence-corrected chi connectivity index (χ1v) is 20.5. The van der Waals surface area contributed by atoms with Gasteiger partial charge in [0.2, 0.25) is 5.91 Å². The predicted octanol–water partition coefficient (Wildman–Crippen LogP) is 4.27. The molecule has 2 aliphatic heterocycles. The second-order valence-electron chi connectivity index (χ2n) is 14.9. The Labute approximate surface area is 308 Å². The van der Waals surface area contributed by atoms with Crippen molar-refractivity contribution in [3.8, 4) is 0 Å². The van der Waals surface area contributed by atoms with Crippen molar-refractivity contribution in [1.29, 1.82) is 0 Å². The van der Waals surface area contributed by atoms with Crippen LogP contribution in [0.4, 0.5) is 0 Å². The van der Waals surface area contributed by atoms with Crippen molar-refractivity contribution in [3.05, 3.63) is 0 Å². The molecule has 2 fully saturated rings. The Morgan fingerprint density at radius 1 is 0.765 bits per heavy atom. The number of hydrogen-bond donors (Lipinski definition) is 7. The molecular weight excluding hydrogens is 658 g/mol. The van der Waals surface area contributed by atoms with Gasteiger partial charge in [-0.25, -0.2) is 0 Å². The molecule has 12 nitrogen and oxygen atoms in total. The highest BCUT2D eigenvalue weighted by atomic mass is 16.7. The number of carbonyl (C=O) groups is 1. The van der Waals surface area contributed by atoms with Gasteiger partial charge in [0.25, 0.3) is 0 Å². The van der Waals surface area contributed by atoms with Gasteiger partial charge in [0, 0.05) is 32.8 Å². The van der Waals surface area contributed by atoms with E-state index in [4.69, 9.17) is 18.9 Å². The summed E-state index contributed by atoms with van der Waals surface area (Å²) in [5.74, 6) is 0.482. The maximum atomic E-state index is 12.9. The average Bonchev–Trinajstić information content (AvgIpc) is 3.14. The molecular formula is C39H75NO11. The molecule has 0 aromatic heterocycles. The summed E-state index contributed by atoms with van der Waals surface area (Å²) >= 11 is 0. The Hall–Kier alpha value is -0.930. The smallest absolute Gasteiger partial charge is 0.220 e. The van der Waals surface area contributed by atoms with Crippen molar-refractivity contribution in [2.75, 3.05) is 39.6 Å². The number of carbonyl (C=O) groups excluding carboxylic acids is 1. The minimum atomic E-state index is -1.61. The van der Waals surface area contributed by atoms with Crippen molar-refractivity contribution in [2.24, 2.45) is 5.92 Å². The average molecular weight is 734 g/mol. The van der Waals surface area contributed by atoms with Gasteiger partial charge in [0.05, 0.1) is 25.4 Å². The van der Waals surface area contributed by atoms with E-state index in [1.54, 1.807) is 0 Å². The lowest BCUT2D eigenvalue weighted by Gasteiger charge is -2.40. The van der Waals surface area contributed by atoms with Crippen molar-refractivity contribution in [2.45, 2.75) is 197 Å². The van der Waals surface area contributed by atoms with Gasteiger partial charge < -0.3 is 54.9 Å². The fourth-order valence-electron chi connectivity index (χ4n) is 6.98. The van der Waals surface area contributed by atoms with E-state index in [2.05, 4.69) is 12.2 Å². The van der Waals surface area contributed by atoms with Crippen molar-refractivity contribution in [3.63, 3.8) is 0 Å². The third-order valence-electron chi connectivity index (χ3n) is 10.5. The molecule has 0 radical (unpaired) electrons.